The molecule has 0 spiro atoms. The van der Waals surface area contributed by atoms with Crippen LogP contribution >= 0.6 is 0 Å². The molecule has 1 amide bonds. The van der Waals surface area contributed by atoms with Crippen LogP contribution in [0, 0.1) is 5.92 Å². The van der Waals surface area contributed by atoms with E-state index in [1.165, 1.54) is 12.8 Å². The summed E-state index contributed by atoms with van der Waals surface area (Å²) in [6, 6.07) is 0.250. The van der Waals surface area contributed by atoms with Crippen LogP contribution in [0.25, 0.3) is 0 Å². The van der Waals surface area contributed by atoms with Crippen molar-refractivity contribution >= 4 is 5.91 Å². The van der Waals surface area contributed by atoms with Gasteiger partial charge >= 0.3 is 0 Å². The molecule has 2 rings (SSSR count). The first-order valence-electron chi connectivity index (χ1n) is 7.46. The highest BCUT2D eigenvalue weighted by Gasteiger charge is 2.27. The number of amides is 1. The lowest BCUT2D eigenvalue weighted by Gasteiger charge is -2.36. The second kappa shape index (κ2) is 6.53. The second-order valence-electron chi connectivity index (χ2n) is 5.73. The third kappa shape index (κ3) is 3.45. The molecule has 1 aliphatic carbocycles. The lowest BCUT2D eigenvalue weighted by Crippen LogP contribution is -2.49. The zero-order chi connectivity index (χ0) is 13.0. The van der Waals surface area contributed by atoms with Gasteiger partial charge in [0.2, 0.25) is 5.91 Å². The molecule has 2 N–H and O–H groups in total. The molecule has 2 fully saturated rings. The van der Waals surface area contributed by atoms with Crippen LogP contribution < -0.4 is 5.73 Å². The summed E-state index contributed by atoms with van der Waals surface area (Å²) in [5, 5.41) is 0. The first-order valence-corrected chi connectivity index (χ1v) is 7.46. The first-order chi connectivity index (χ1) is 8.70. The van der Waals surface area contributed by atoms with Gasteiger partial charge in [-0.05, 0) is 25.3 Å². The van der Waals surface area contributed by atoms with E-state index >= 15 is 0 Å². The van der Waals surface area contributed by atoms with Gasteiger partial charge in [0.25, 0.3) is 0 Å². The first kappa shape index (κ1) is 13.8. The van der Waals surface area contributed by atoms with Crippen LogP contribution in [0.2, 0.25) is 0 Å². The van der Waals surface area contributed by atoms with E-state index in [-0.39, 0.29) is 6.04 Å². The maximum Gasteiger partial charge on any atom is 0.222 e. The number of nitrogens with zero attached hydrogens (tertiary/aromatic N) is 2. The van der Waals surface area contributed by atoms with Crippen LogP contribution in [0.1, 0.15) is 39.0 Å². The summed E-state index contributed by atoms with van der Waals surface area (Å²) in [5.74, 6) is 0.753. The molecule has 0 aromatic rings. The van der Waals surface area contributed by atoms with Crippen molar-refractivity contribution in [2.24, 2.45) is 11.7 Å². The average Bonchev–Trinajstić information content (AvgIpc) is 2.41. The average molecular weight is 253 g/mol. The van der Waals surface area contributed by atoms with Crippen LogP contribution in [-0.4, -0.2) is 54.5 Å². The van der Waals surface area contributed by atoms with Gasteiger partial charge in [-0.2, -0.15) is 0 Å². The van der Waals surface area contributed by atoms with E-state index in [0.29, 0.717) is 18.2 Å². The summed E-state index contributed by atoms with van der Waals surface area (Å²) in [6.07, 6.45) is 5.40. The molecular formula is C14H27N3O. The lowest BCUT2D eigenvalue weighted by molar-refractivity contribution is -0.134. The third-order valence-electron chi connectivity index (χ3n) is 4.58. The molecule has 1 saturated heterocycles. The Morgan fingerprint density at radius 3 is 2.44 bits per heavy atom. The molecule has 1 aliphatic heterocycles. The van der Waals surface area contributed by atoms with Crippen molar-refractivity contribution in [3.05, 3.63) is 0 Å². The van der Waals surface area contributed by atoms with E-state index in [1.807, 2.05) is 4.90 Å². The van der Waals surface area contributed by atoms with Gasteiger partial charge in [-0.15, -0.1) is 0 Å². The Morgan fingerprint density at radius 1 is 1.17 bits per heavy atom. The fourth-order valence-electron chi connectivity index (χ4n) is 3.16. The lowest BCUT2D eigenvalue weighted by atomic mass is 9.82. The van der Waals surface area contributed by atoms with E-state index in [1.54, 1.807) is 0 Å². The Bertz CT molecular complexity index is 274. The number of rotatable bonds is 3. The molecule has 0 aromatic carbocycles. The molecule has 104 valence electrons. The molecule has 4 heteroatoms. The summed E-state index contributed by atoms with van der Waals surface area (Å²) in [6.45, 7) is 7.12. The second-order valence-corrected chi connectivity index (χ2v) is 5.73. The highest BCUT2D eigenvalue weighted by atomic mass is 16.2. The summed E-state index contributed by atoms with van der Waals surface area (Å²) in [7, 11) is 0. The Kier molecular flexibility index (Phi) is 5.01. The number of nitrogens with two attached hydrogens (primary N) is 1. The van der Waals surface area contributed by atoms with Crippen molar-refractivity contribution in [3.8, 4) is 0 Å². The monoisotopic (exact) mass is 253 g/mol. The highest BCUT2D eigenvalue weighted by Crippen LogP contribution is 2.26. The summed E-state index contributed by atoms with van der Waals surface area (Å²) in [4.78, 5) is 16.7. The molecule has 1 saturated carbocycles. The standard InChI is InChI=1S/C14H27N3O/c1-2-16-7-9-17(10-8-16)14(18)11-12-5-3-4-6-13(12)15/h12-13H,2-11,15H2,1H3. The largest absolute Gasteiger partial charge is 0.340 e. The summed E-state index contributed by atoms with van der Waals surface area (Å²) < 4.78 is 0. The smallest absolute Gasteiger partial charge is 0.222 e. The van der Waals surface area contributed by atoms with Gasteiger partial charge in [-0.25, -0.2) is 0 Å². The van der Waals surface area contributed by atoms with Gasteiger partial charge in [0, 0.05) is 38.6 Å². The van der Waals surface area contributed by atoms with Crippen LogP contribution in [0.3, 0.4) is 0 Å². The summed E-state index contributed by atoms with van der Waals surface area (Å²) >= 11 is 0. The molecule has 0 bridgehead atoms. The van der Waals surface area contributed by atoms with Crippen molar-refractivity contribution in [1.82, 2.24) is 9.80 Å². The van der Waals surface area contributed by atoms with Gasteiger partial charge < -0.3 is 15.5 Å². The van der Waals surface area contributed by atoms with Crippen molar-refractivity contribution in [2.75, 3.05) is 32.7 Å². The molecule has 0 aromatic heterocycles. The van der Waals surface area contributed by atoms with Crippen LogP contribution in [0.4, 0.5) is 0 Å². The summed E-state index contributed by atoms with van der Waals surface area (Å²) in [5.41, 5.74) is 6.12. The van der Waals surface area contributed by atoms with E-state index in [0.717, 1.165) is 45.6 Å². The third-order valence-corrected chi connectivity index (χ3v) is 4.58. The van der Waals surface area contributed by atoms with Gasteiger partial charge in [-0.3, -0.25) is 4.79 Å². The molecular weight excluding hydrogens is 226 g/mol. The van der Waals surface area contributed by atoms with E-state index in [4.69, 9.17) is 5.73 Å². The minimum Gasteiger partial charge on any atom is -0.340 e. The van der Waals surface area contributed by atoms with E-state index < -0.39 is 0 Å². The number of piperazine rings is 1. The Labute approximate surface area is 110 Å². The van der Waals surface area contributed by atoms with Crippen molar-refractivity contribution in [3.63, 3.8) is 0 Å². The number of carbonyl (C=O) groups is 1. The van der Waals surface area contributed by atoms with Crippen LogP contribution in [0.5, 0.6) is 0 Å². The predicted molar refractivity (Wildman–Crippen MR) is 73.2 cm³/mol. The number of carbonyl (C=O) groups excluding carboxylic acids is 1. The number of likely N-dealkylation sites (N-methyl/N-ethyl adjacent to an activating group) is 1. The normalized spacial score (nSPS) is 30.4. The van der Waals surface area contributed by atoms with Gasteiger partial charge in [0.05, 0.1) is 0 Å². The van der Waals surface area contributed by atoms with Crippen LogP contribution in [-0.2, 0) is 4.79 Å². The molecule has 2 unspecified atom stereocenters. The minimum atomic E-state index is 0.250. The topological polar surface area (TPSA) is 49.6 Å². The van der Waals surface area contributed by atoms with Crippen molar-refractivity contribution in [1.29, 1.82) is 0 Å². The minimum absolute atomic E-state index is 0.250. The Balaban J connectivity index is 1.77. The van der Waals surface area contributed by atoms with Crippen molar-refractivity contribution in [2.45, 2.75) is 45.1 Å². The zero-order valence-corrected chi connectivity index (χ0v) is 11.6. The molecule has 2 atom stereocenters. The molecule has 1 heterocycles. The number of hydrogen-bond donors (Lipinski definition) is 1. The number of hydrogen-bond acceptors (Lipinski definition) is 3. The Hall–Kier alpha value is -0.610. The quantitative estimate of drug-likeness (QED) is 0.818. The van der Waals surface area contributed by atoms with Gasteiger partial charge in [-0.1, -0.05) is 19.8 Å². The van der Waals surface area contributed by atoms with E-state index in [2.05, 4.69) is 11.8 Å². The van der Waals surface area contributed by atoms with Gasteiger partial charge in [0.15, 0.2) is 0 Å². The Morgan fingerprint density at radius 2 is 1.83 bits per heavy atom. The zero-order valence-electron chi connectivity index (χ0n) is 11.6. The fraction of sp³-hybridized carbons (Fsp3) is 0.929. The fourth-order valence-corrected chi connectivity index (χ4v) is 3.16. The van der Waals surface area contributed by atoms with Gasteiger partial charge in [0.1, 0.15) is 0 Å². The highest BCUT2D eigenvalue weighted by molar-refractivity contribution is 5.76. The maximum atomic E-state index is 12.3. The molecule has 2 aliphatic rings. The molecule has 18 heavy (non-hydrogen) atoms. The van der Waals surface area contributed by atoms with Crippen molar-refractivity contribution < 1.29 is 4.79 Å². The van der Waals surface area contributed by atoms with Crippen LogP contribution in [0.15, 0.2) is 0 Å². The molecule has 0 radical (unpaired) electrons. The maximum absolute atomic E-state index is 12.3. The predicted octanol–water partition coefficient (Wildman–Crippen LogP) is 1.06. The SMILES string of the molecule is CCN1CCN(C(=O)CC2CCCCC2N)CC1. The molecule has 4 nitrogen and oxygen atoms in total. The van der Waals surface area contributed by atoms with E-state index in [9.17, 15) is 4.79 Å².